The maximum absolute atomic E-state index is 11.4. The summed E-state index contributed by atoms with van der Waals surface area (Å²) in [5.74, 6) is 0.137. The minimum absolute atomic E-state index is 0.137. The molecule has 1 aromatic carbocycles. The van der Waals surface area contributed by atoms with Crippen LogP contribution < -0.4 is 0 Å². The Balaban J connectivity index is 1.92. The van der Waals surface area contributed by atoms with Crippen molar-refractivity contribution in [2.45, 2.75) is 32.4 Å². The summed E-state index contributed by atoms with van der Waals surface area (Å²) >= 11 is 0. The Labute approximate surface area is 120 Å². The smallest absolute Gasteiger partial charge is 0.219 e. The Morgan fingerprint density at radius 2 is 2.05 bits per heavy atom. The van der Waals surface area contributed by atoms with E-state index in [1.54, 1.807) is 6.92 Å². The monoisotopic (exact) mass is 271 g/mol. The summed E-state index contributed by atoms with van der Waals surface area (Å²) in [6.45, 7) is 4.39. The van der Waals surface area contributed by atoms with E-state index in [0.717, 1.165) is 43.6 Å². The van der Waals surface area contributed by atoms with Crippen LogP contribution in [-0.2, 0) is 11.3 Å². The first-order valence-electron chi connectivity index (χ1n) is 7.05. The van der Waals surface area contributed by atoms with Gasteiger partial charge in [0.1, 0.15) is 0 Å². The second-order valence-corrected chi connectivity index (χ2v) is 5.41. The van der Waals surface area contributed by atoms with Gasteiger partial charge in [-0.05, 0) is 24.5 Å². The van der Waals surface area contributed by atoms with Crippen LogP contribution in [-0.4, -0.2) is 41.9 Å². The minimum Gasteiger partial charge on any atom is -0.343 e. The lowest BCUT2D eigenvalue weighted by molar-refractivity contribution is -0.130. The number of carbonyl (C=O) groups excluding carboxylic acids is 1. The predicted octanol–water partition coefficient (Wildman–Crippen LogP) is 2.00. The lowest BCUT2D eigenvalue weighted by Crippen LogP contribution is -2.44. The summed E-state index contributed by atoms with van der Waals surface area (Å²) in [5.41, 5.74) is 1.85. The maximum Gasteiger partial charge on any atom is 0.219 e. The van der Waals surface area contributed by atoms with Crippen molar-refractivity contribution < 1.29 is 4.79 Å². The molecule has 0 aromatic heterocycles. The molecule has 1 amide bonds. The summed E-state index contributed by atoms with van der Waals surface area (Å²) in [7, 11) is 1.88. The van der Waals surface area contributed by atoms with E-state index in [0.29, 0.717) is 6.04 Å². The molecule has 0 atom stereocenters. The van der Waals surface area contributed by atoms with Gasteiger partial charge in [-0.2, -0.15) is 5.26 Å². The molecule has 1 heterocycles. The standard InChI is InChI=1S/C16H21N3O/c1-13(20)18(2)16-7-9-19(10-8-16)12-15-6-4-3-5-14(15)11-17/h3-6,16H,7-10,12H2,1-2H3. The molecule has 4 nitrogen and oxygen atoms in total. The van der Waals surface area contributed by atoms with Crippen LogP contribution in [0.25, 0.3) is 0 Å². The van der Waals surface area contributed by atoms with Crippen molar-refractivity contribution in [3.8, 4) is 6.07 Å². The summed E-state index contributed by atoms with van der Waals surface area (Å²) < 4.78 is 0. The second-order valence-electron chi connectivity index (χ2n) is 5.41. The zero-order valence-electron chi connectivity index (χ0n) is 12.2. The highest BCUT2D eigenvalue weighted by Gasteiger charge is 2.23. The molecule has 20 heavy (non-hydrogen) atoms. The molecule has 0 unspecified atom stereocenters. The Kier molecular flexibility index (Phi) is 4.75. The summed E-state index contributed by atoms with van der Waals surface area (Å²) in [5, 5.41) is 9.11. The number of amides is 1. The molecular formula is C16H21N3O. The van der Waals surface area contributed by atoms with Crippen LogP contribution in [0.3, 0.4) is 0 Å². The van der Waals surface area contributed by atoms with Crippen molar-refractivity contribution in [1.82, 2.24) is 9.80 Å². The van der Waals surface area contributed by atoms with E-state index in [4.69, 9.17) is 5.26 Å². The van der Waals surface area contributed by atoms with Crippen molar-refractivity contribution in [2.75, 3.05) is 20.1 Å². The van der Waals surface area contributed by atoms with E-state index < -0.39 is 0 Å². The highest BCUT2D eigenvalue weighted by Crippen LogP contribution is 2.18. The lowest BCUT2D eigenvalue weighted by atomic mass is 10.0. The highest BCUT2D eigenvalue weighted by molar-refractivity contribution is 5.73. The van der Waals surface area contributed by atoms with Gasteiger partial charge in [-0.3, -0.25) is 9.69 Å². The van der Waals surface area contributed by atoms with Gasteiger partial charge in [0.2, 0.25) is 5.91 Å². The molecule has 0 saturated carbocycles. The first-order valence-corrected chi connectivity index (χ1v) is 7.05. The van der Waals surface area contributed by atoms with Crippen LogP contribution >= 0.6 is 0 Å². The second kappa shape index (κ2) is 6.53. The van der Waals surface area contributed by atoms with Gasteiger partial charge >= 0.3 is 0 Å². The number of hydrogen-bond donors (Lipinski definition) is 0. The van der Waals surface area contributed by atoms with Gasteiger partial charge in [-0.15, -0.1) is 0 Å². The number of hydrogen-bond acceptors (Lipinski definition) is 3. The number of rotatable bonds is 3. The molecular weight excluding hydrogens is 250 g/mol. The molecule has 0 spiro atoms. The van der Waals surface area contributed by atoms with Gasteiger partial charge in [0.15, 0.2) is 0 Å². The fourth-order valence-electron chi connectivity index (χ4n) is 2.73. The van der Waals surface area contributed by atoms with Gasteiger partial charge in [0.05, 0.1) is 11.6 Å². The van der Waals surface area contributed by atoms with E-state index >= 15 is 0 Å². The van der Waals surface area contributed by atoms with Gasteiger partial charge in [-0.25, -0.2) is 0 Å². The molecule has 1 aliphatic rings. The van der Waals surface area contributed by atoms with E-state index in [1.807, 2.05) is 36.2 Å². The Morgan fingerprint density at radius 1 is 1.40 bits per heavy atom. The van der Waals surface area contributed by atoms with Crippen LogP contribution in [0.5, 0.6) is 0 Å². The third kappa shape index (κ3) is 3.37. The van der Waals surface area contributed by atoms with Crippen molar-refractivity contribution in [2.24, 2.45) is 0 Å². The van der Waals surface area contributed by atoms with Gasteiger partial charge < -0.3 is 4.90 Å². The van der Waals surface area contributed by atoms with Crippen LogP contribution in [0, 0.1) is 11.3 Å². The highest BCUT2D eigenvalue weighted by atomic mass is 16.2. The predicted molar refractivity (Wildman–Crippen MR) is 77.9 cm³/mol. The zero-order chi connectivity index (χ0) is 14.5. The number of nitriles is 1. The Bertz CT molecular complexity index is 513. The van der Waals surface area contributed by atoms with Crippen LogP contribution in [0.1, 0.15) is 30.9 Å². The van der Waals surface area contributed by atoms with E-state index in [1.165, 1.54) is 0 Å². The van der Waals surface area contributed by atoms with E-state index in [2.05, 4.69) is 11.0 Å². The number of piperidine rings is 1. The summed E-state index contributed by atoms with van der Waals surface area (Å²) in [6.07, 6.45) is 2.01. The van der Waals surface area contributed by atoms with Gasteiger partial charge in [0.25, 0.3) is 0 Å². The third-order valence-corrected chi connectivity index (χ3v) is 4.13. The first-order chi connectivity index (χ1) is 9.61. The van der Waals surface area contributed by atoms with Gasteiger partial charge in [-0.1, -0.05) is 18.2 Å². The Morgan fingerprint density at radius 3 is 2.65 bits per heavy atom. The minimum atomic E-state index is 0.137. The van der Waals surface area contributed by atoms with Crippen molar-refractivity contribution >= 4 is 5.91 Å². The van der Waals surface area contributed by atoms with E-state index in [9.17, 15) is 4.79 Å². The molecule has 1 fully saturated rings. The number of carbonyl (C=O) groups is 1. The molecule has 0 bridgehead atoms. The molecule has 1 aromatic rings. The van der Waals surface area contributed by atoms with Crippen molar-refractivity contribution in [1.29, 1.82) is 5.26 Å². The molecule has 0 aliphatic carbocycles. The molecule has 0 radical (unpaired) electrons. The Hall–Kier alpha value is -1.86. The number of nitrogens with zero attached hydrogens (tertiary/aromatic N) is 3. The summed E-state index contributed by atoms with van der Waals surface area (Å²) in [6, 6.07) is 10.4. The summed E-state index contributed by atoms with van der Waals surface area (Å²) in [4.78, 5) is 15.6. The lowest BCUT2D eigenvalue weighted by Gasteiger charge is -2.36. The molecule has 4 heteroatoms. The molecule has 1 saturated heterocycles. The number of benzene rings is 1. The topological polar surface area (TPSA) is 47.3 Å². The SMILES string of the molecule is CC(=O)N(C)C1CCN(Cc2ccccc2C#N)CC1. The van der Waals surface area contributed by atoms with Gasteiger partial charge in [0, 0.05) is 39.6 Å². The van der Waals surface area contributed by atoms with Crippen molar-refractivity contribution in [3.05, 3.63) is 35.4 Å². The largest absolute Gasteiger partial charge is 0.343 e. The molecule has 1 aliphatic heterocycles. The zero-order valence-corrected chi connectivity index (χ0v) is 12.2. The average Bonchev–Trinajstić information content (AvgIpc) is 2.48. The quantitative estimate of drug-likeness (QED) is 0.845. The number of likely N-dealkylation sites (tertiary alicyclic amines) is 1. The van der Waals surface area contributed by atoms with Crippen LogP contribution in [0.15, 0.2) is 24.3 Å². The maximum atomic E-state index is 11.4. The van der Waals surface area contributed by atoms with Crippen LogP contribution in [0.4, 0.5) is 0 Å². The first kappa shape index (κ1) is 14.5. The van der Waals surface area contributed by atoms with Crippen LogP contribution in [0.2, 0.25) is 0 Å². The fourth-order valence-corrected chi connectivity index (χ4v) is 2.73. The fraction of sp³-hybridized carbons (Fsp3) is 0.500. The molecule has 106 valence electrons. The molecule has 2 rings (SSSR count). The third-order valence-electron chi connectivity index (χ3n) is 4.13. The van der Waals surface area contributed by atoms with Crippen molar-refractivity contribution in [3.63, 3.8) is 0 Å². The normalized spacial score (nSPS) is 16.6. The average molecular weight is 271 g/mol. The molecule has 0 N–H and O–H groups in total. The van der Waals surface area contributed by atoms with E-state index in [-0.39, 0.29) is 5.91 Å².